The average molecular weight is 301 g/mol. The molecule has 0 aromatic carbocycles. The zero-order valence-corrected chi connectivity index (χ0v) is 12.5. The van der Waals surface area contributed by atoms with Gasteiger partial charge in [-0.05, 0) is 0 Å². The second-order valence-electron chi connectivity index (χ2n) is 3.89. The summed E-state index contributed by atoms with van der Waals surface area (Å²) in [6.45, 7) is 5.23. The zero-order chi connectivity index (χ0) is 9.97. The van der Waals surface area contributed by atoms with Crippen LogP contribution in [0.2, 0.25) is 0 Å². The maximum atomic E-state index is 10.5. The number of carbonyl (C=O) groups excluding carboxylic acids is 2. The molecule has 5 nitrogen and oxygen atoms in total. The first-order valence-corrected chi connectivity index (χ1v) is 4.96. The fourth-order valence-electron chi connectivity index (χ4n) is 2.01. The summed E-state index contributed by atoms with van der Waals surface area (Å²) in [5.74, 6) is 0. The Morgan fingerprint density at radius 1 is 0.875 bits per heavy atom. The first kappa shape index (κ1) is 16.0. The van der Waals surface area contributed by atoms with E-state index in [9.17, 15) is 9.59 Å². The molecule has 2 heterocycles. The predicted octanol–water partition coefficient (Wildman–Crippen LogP) is -0.951. The number of rotatable bonds is 3. The number of likely N-dealkylation sites (tertiary alicyclic amines) is 1. The second-order valence-corrected chi connectivity index (χ2v) is 3.89. The quantitative estimate of drug-likeness (QED) is 0.499. The van der Waals surface area contributed by atoms with Crippen molar-refractivity contribution in [3.63, 3.8) is 0 Å². The van der Waals surface area contributed by atoms with E-state index in [4.69, 9.17) is 0 Å². The van der Waals surface area contributed by atoms with Gasteiger partial charge in [-0.25, -0.2) is 0 Å². The summed E-state index contributed by atoms with van der Waals surface area (Å²) in [4.78, 5) is 26.8. The van der Waals surface area contributed by atoms with Crippen molar-refractivity contribution < 1.29 is 42.3 Å². The van der Waals surface area contributed by atoms with Crippen molar-refractivity contribution in [2.75, 3.05) is 39.3 Å². The van der Waals surface area contributed by atoms with Gasteiger partial charge in [-0.3, -0.25) is 14.5 Å². The van der Waals surface area contributed by atoms with Crippen molar-refractivity contribution in [3.05, 3.63) is 7.43 Å². The number of nitrogens with zero attached hydrogens (tertiary/aromatic N) is 3. The summed E-state index contributed by atoms with van der Waals surface area (Å²) >= 11 is 0. The van der Waals surface area contributed by atoms with Gasteiger partial charge in [0.15, 0.2) is 0 Å². The monoisotopic (exact) mass is 301 g/mol. The Bertz CT molecular complexity index is 226. The van der Waals surface area contributed by atoms with E-state index in [-0.39, 0.29) is 40.1 Å². The van der Waals surface area contributed by atoms with E-state index in [2.05, 4.69) is 4.90 Å². The van der Waals surface area contributed by atoms with E-state index in [1.807, 2.05) is 0 Å². The standard InChI is InChI=1S/C9H15N3O2.CH3.Y/c13-7-10-1-3-12(4-2-10)9-5-11(6-9)8-14;;/h7-9H,1-6H2;1H3;/q;-1;. The molecule has 2 fully saturated rings. The molecule has 0 bridgehead atoms. The van der Waals surface area contributed by atoms with Gasteiger partial charge in [0.25, 0.3) is 0 Å². The van der Waals surface area contributed by atoms with Crippen LogP contribution >= 0.6 is 0 Å². The van der Waals surface area contributed by atoms with Crippen molar-refractivity contribution in [1.82, 2.24) is 14.7 Å². The minimum absolute atomic E-state index is 0. The molecule has 16 heavy (non-hydrogen) atoms. The van der Waals surface area contributed by atoms with E-state index in [1.54, 1.807) is 9.80 Å². The first-order chi connectivity index (χ1) is 6.83. The molecule has 0 aliphatic carbocycles. The molecule has 0 unspecified atom stereocenters. The average Bonchev–Trinajstić information content (AvgIpc) is 2.17. The molecule has 0 saturated carbocycles. The van der Waals surface area contributed by atoms with Crippen molar-refractivity contribution in [2.45, 2.75) is 6.04 Å². The van der Waals surface area contributed by atoms with Gasteiger partial charge in [-0.15, -0.1) is 0 Å². The van der Waals surface area contributed by atoms with Crippen LogP contribution in [0, 0.1) is 7.43 Å². The minimum atomic E-state index is 0. The third-order valence-electron chi connectivity index (χ3n) is 3.05. The van der Waals surface area contributed by atoms with Crippen molar-refractivity contribution in [1.29, 1.82) is 0 Å². The van der Waals surface area contributed by atoms with E-state index in [1.165, 1.54) is 0 Å². The van der Waals surface area contributed by atoms with Gasteiger partial charge in [-0.2, -0.15) is 0 Å². The molecule has 0 N–H and O–H groups in total. The van der Waals surface area contributed by atoms with Gasteiger partial charge in [0.2, 0.25) is 12.8 Å². The largest absolute Gasteiger partial charge is 0.358 e. The number of hydrogen-bond acceptors (Lipinski definition) is 3. The molecule has 6 heteroatoms. The number of carbonyl (C=O) groups is 2. The van der Waals surface area contributed by atoms with Crippen molar-refractivity contribution in [3.8, 4) is 0 Å². The van der Waals surface area contributed by atoms with Crippen LogP contribution in [0.5, 0.6) is 0 Å². The molecular weight excluding hydrogens is 283 g/mol. The fraction of sp³-hybridized carbons (Fsp3) is 0.700. The second kappa shape index (κ2) is 7.35. The Morgan fingerprint density at radius 3 is 1.81 bits per heavy atom. The summed E-state index contributed by atoms with van der Waals surface area (Å²) in [5, 5.41) is 0. The predicted molar refractivity (Wildman–Crippen MR) is 57.0 cm³/mol. The molecule has 2 rings (SSSR count). The maximum absolute atomic E-state index is 10.5. The molecular formula is C10H18N3O2Y-. The minimum Gasteiger partial charge on any atom is -0.358 e. The Kier molecular flexibility index (Phi) is 7.35. The molecule has 0 spiro atoms. The number of amides is 2. The van der Waals surface area contributed by atoms with Crippen LogP contribution < -0.4 is 0 Å². The van der Waals surface area contributed by atoms with Crippen LogP contribution in [0.4, 0.5) is 0 Å². The Hall–Kier alpha value is 0.00390. The van der Waals surface area contributed by atoms with Gasteiger partial charge in [-0.1, -0.05) is 0 Å². The summed E-state index contributed by atoms with van der Waals surface area (Å²) in [5.41, 5.74) is 0. The molecule has 89 valence electrons. The van der Waals surface area contributed by atoms with Crippen LogP contribution in [0.25, 0.3) is 0 Å². The van der Waals surface area contributed by atoms with E-state index in [0.29, 0.717) is 6.04 Å². The number of hydrogen-bond donors (Lipinski definition) is 0. The van der Waals surface area contributed by atoms with Gasteiger partial charge in [0.1, 0.15) is 0 Å². The zero-order valence-electron chi connectivity index (χ0n) is 9.71. The molecule has 1 radical (unpaired) electrons. The molecule has 2 aliphatic heterocycles. The molecule has 2 aliphatic rings. The summed E-state index contributed by atoms with van der Waals surface area (Å²) in [7, 11) is 0. The number of piperazine rings is 1. The maximum Gasteiger partial charge on any atom is 0.209 e. The third kappa shape index (κ3) is 3.50. The SMILES string of the molecule is O=CN1CCN(C2CN(C=O)C2)CC1.[CH3-].[Y]. The third-order valence-corrected chi connectivity index (χ3v) is 3.05. The summed E-state index contributed by atoms with van der Waals surface area (Å²) in [6, 6.07) is 0.522. The molecule has 0 atom stereocenters. The summed E-state index contributed by atoms with van der Waals surface area (Å²) < 4.78 is 0. The van der Waals surface area contributed by atoms with E-state index in [0.717, 1.165) is 52.1 Å². The summed E-state index contributed by atoms with van der Waals surface area (Å²) in [6.07, 6.45) is 1.81. The Morgan fingerprint density at radius 2 is 1.38 bits per heavy atom. The Balaban J connectivity index is 0.00000112. The van der Waals surface area contributed by atoms with Gasteiger partial charge in [0, 0.05) is 78.0 Å². The molecule has 2 saturated heterocycles. The van der Waals surface area contributed by atoms with Crippen LogP contribution in [0.1, 0.15) is 0 Å². The van der Waals surface area contributed by atoms with Crippen molar-refractivity contribution >= 4 is 12.8 Å². The normalized spacial score (nSPS) is 21.5. The Labute approximate surface area is 122 Å². The van der Waals surface area contributed by atoms with Crippen LogP contribution in [0.3, 0.4) is 0 Å². The fourth-order valence-corrected chi connectivity index (χ4v) is 2.01. The van der Waals surface area contributed by atoms with Gasteiger partial charge in [0.05, 0.1) is 0 Å². The molecule has 2 amide bonds. The van der Waals surface area contributed by atoms with Crippen LogP contribution in [0.15, 0.2) is 0 Å². The van der Waals surface area contributed by atoms with Crippen LogP contribution in [-0.4, -0.2) is 72.8 Å². The van der Waals surface area contributed by atoms with E-state index < -0.39 is 0 Å². The van der Waals surface area contributed by atoms with Gasteiger partial charge < -0.3 is 17.2 Å². The smallest absolute Gasteiger partial charge is 0.209 e. The van der Waals surface area contributed by atoms with Crippen molar-refractivity contribution in [2.24, 2.45) is 0 Å². The van der Waals surface area contributed by atoms with Crippen LogP contribution in [-0.2, 0) is 42.3 Å². The molecule has 0 aromatic rings. The van der Waals surface area contributed by atoms with E-state index >= 15 is 0 Å². The van der Waals surface area contributed by atoms with Gasteiger partial charge >= 0.3 is 0 Å². The molecule has 0 aromatic heterocycles. The first-order valence-electron chi connectivity index (χ1n) is 4.96. The topological polar surface area (TPSA) is 43.9 Å².